The zero-order chi connectivity index (χ0) is 19.0. The molecule has 0 spiro atoms. The van der Waals surface area contributed by atoms with Crippen LogP contribution in [-0.4, -0.2) is 28.3 Å². The third-order valence-corrected chi connectivity index (χ3v) is 6.05. The molecule has 1 aliphatic rings. The van der Waals surface area contributed by atoms with Gasteiger partial charge in [0.05, 0.1) is 6.04 Å². The van der Waals surface area contributed by atoms with E-state index in [9.17, 15) is 17.8 Å². The Morgan fingerprint density at radius 3 is 2.46 bits per heavy atom. The molecule has 1 amide bonds. The van der Waals surface area contributed by atoms with Crippen LogP contribution in [0.3, 0.4) is 0 Å². The second kappa shape index (κ2) is 7.27. The number of amides is 1. The molecule has 0 bridgehead atoms. The maximum atomic E-state index is 13.9. The SMILES string of the molecule is C[C@H](c1ccc([S@](C)=O)cc1)N(C)C(=O)[C@H]1C[C@@H]1c1cccc(F)c1F. The smallest absolute Gasteiger partial charge is 0.226 e. The minimum atomic E-state index is -1.04. The summed E-state index contributed by atoms with van der Waals surface area (Å²) in [5.41, 5.74) is 1.21. The summed E-state index contributed by atoms with van der Waals surface area (Å²) in [6, 6.07) is 11.2. The summed E-state index contributed by atoms with van der Waals surface area (Å²) in [6.45, 7) is 1.91. The van der Waals surface area contributed by atoms with E-state index in [1.54, 1.807) is 36.4 Å². The van der Waals surface area contributed by atoms with Crippen LogP contribution in [-0.2, 0) is 15.6 Å². The van der Waals surface area contributed by atoms with Crippen LogP contribution in [0.4, 0.5) is 8.78 Å². The van der Waals surface area contributed by atoms with Gasteiger partial charge in [0.1, 0.15) is 0 Å². The van der Waals surface area contributed by atoms with Crippen LogP contribution in [0.15, 0.2) is 47.4 Å². The summed E-state index contributed by atoms with van der Waals surface area (Å²) in [5, 5.41) is 0. The molecule has 0 saturated heterocycles. The lowest BCUT2D eigenvalue weighted by atomic mass is 10.1. The lowest BCUT2D eigenvalue weighted by molar-refractivity contribution is -0.133. The van der Waals surface area contributed by atoms with Gasteiger partial charge in [0.2, 0.25) is 5.91 Å². The Morgan fingerprint density at radius 1 is 1.19 bits per heavy atom. The molecule has 0 aliphatic heterocycles. The topological polar surface area (TPSA) is 37.4 Å². The van der Waals surface area contributed by atoms with Gasteiger partial charge in [-0.3, -0.25) is 9.00 Å². The molecule has 26 heavy (non-hydrogen) atoms. The Bertz CT molecular complexity index is 853. The largest absolute Gasteiger partial charge is 0.339 e. The highest BCUT2D eigenvalue weighted by Gasteiger charge is 2.47. The van der Waals surface area contributed by atoms with Gasteiger partial charge < -0.3 is 4.90 Å². The lowest BCUT2D eigenvalue weighted by Gasteiger charge is -2.26. The van der Waals surface area contributed by atoms with Crippen molar-refractivity contribution in [3.8, 4) is 0 Å². The van der Waals surface area contributed by atoms with Crippen molar-refractivity contribution in [2.45, 2.75) is 30.2 Å². The minimum Gasteiger partial charge on any atom is -0.339 e. The van der Waals surface area contributed by atoms with Gasteiger partial charge in [-0.1, -0.05) is 24.3 Å². The van der Waals surface area contributed by atoms with Crippen molar-refractivity contribution < 1.29 is 17.8 Å². The van der Waals surface area contributed by atoms with Gasteiger partial charge in [-0.05, 0) is 48.6 Å². The second-order valence-corrected chi connectivity index (χ2v) is 8.12. The third kappa shape index (κ3) is 3.56. The van der Waals surface area contributed by atoms with E-state index in [0.717, 1.165) is 16.5 Å². The highest BCUT2D eigenvalue weighted by atomic mass is 32.2. The van der Waals surface area contributed by atoms with Gasteiger partial charge in [-0.2, -0.15) is 0 Å². The predicted molar refractivity (Wildman–Crippen MR) is 97.2 cm³/mol. The van der Waals surface area contributed by atoms with E-state index < -0.39 is 22.4 Å². The van der Waals surface area contributed by atoms with E-state index >= 15 is 0 Å². The first-order chi connectivity index (χ1) is 12.3. The first-order valence-electron chi connectivity index (χ1n) is 8.45. The average molecular weight is 377 g/mol. The van der Waals surface area contributed by atoms with E-state index in [2.05, 4.69) is 0 Å². The average Bonchev–Trinajstić information content (AvgIpc) is 3.42. The Morgan fingerprint density at radius 2 is 1.85 bits per heavy atom. The van der Waals surface area contributed by atoms with Crippen LogP contribution < -0.4 is 0 Å². The standard InChI is InChI=1S/C20H21F2NO2S/c1-12(13-7-9-14(10-8-13)26(3)25)23(2)20(24)17-11-16(17)15-5-4-6-18(21)19(15)22/h4-10,12,16-17H,11H2,1-3H3/t12-,16-,17+,26+/m1/s1. The highest BCUT2D eigenvalue weighted by Crippen LogP contribution is 2.50. The third-order valence-electron chi connectivity index (χ3n) is 5.11. The predicted octanol–water partition coefficient (Wildman–Crippen LogP) is 4.03. The van der Waals surface area contributed by atoms with E-state index in [-0.39, 0.29) is 29.3 Å². The molecule has 1 aliphatic carbocycles. The number of carbonyl (C=O) groups excluding carboxylic acids is 1. The summed E-state index contributed by atoms with van der Waals surface area (Å²) in [6.07, 6.45) is 2.15. The van der Waals surface area contributed by atoms with Crippen LogP contribution >= 0.6 is 0 Å². The van der Waals surface area contributed by atoms with Gasteiger partial charge in [0.15, 0.2) is 11.6 Å². The molecule has 1 saturated carbocycles. The summed E-state index contributed by atoms with van der Waals surface area (Å²) in [5.74, 6) is -2.39. The monoisotopic (exact) mass is 377 g/mol. The van der Waals surface area contributed by atoms with Gasteiger partial charge in [0.25, 0.3) is 0 Å². The molecule has 2 aromatic carbocycles. The molecule has 4 atom stereocenters. The maximum Gasteiger partial charge on any atom is 0.226 e. The second-order valence-electron chi connectivity index (χ2n) is 6.74. The number of hydrogen-bond donors (Lipinski definition) is 0. The van der Waals surface area contributed by atoms with Crippen LogP contribution in [0.5, 0.6) is 0 Å². The van der Waals surface area contributed by atoms with E-state index in [4.69, 9.17) is 0 Å². The van der Waals surface area contributed by atoms with Crippen LogP contribution in [0, 0.1) is 17.6 Å². The quantitative estimate of drug-likeness (QED) is 0.789. The van der Waals surface area contributed by atoms with Crippen LogP contribution in [0.1, 0.15) is 36.4 Å². The first-order valence-corrected chi connectivity index (χ1v) is 10.0. The van der Waals surface area contributed by atoms with E-state index in [1.165, 1.54) is 6.07 Å². The van der Waals surface area contributed by atoms with Crippen molar-refractivity contribution in [1.82, 2.24) is 4.90 Å². The number of benzene rings is 2. The molecule has 0 N–H and O–H groups in total. The molecule has 0 heterocycles. The van der Waals surface area contributed by atoms with Crippen molar-refractivity contribution in [3.63, 3.8) is 0 Å². The van der Waals surface area contributed by atoms with Crippen LogP contribution in [0.25, 0.3) is 0 Å². The molecule has 2 aromatic rings. The fraction of sp³-hybridized carbons (Fsp3) is 0.350. The van der Waals surface area contributed by atoms with Gasteiger partial charge in [0, 0.05) is 34.9 Å². The van der Waals surface area contributed by atoms with E-state index in [1.807, 2.05) is 19.1 Å². The van der Waals surface area contributed by atoms with E-state index in [0.29, 0.717) is 6.42 Å². The Balaban J connectivity index is 1.70. The Hall–Kier alpha value is -2.08. The molecule has 0 unspecified atom stereocenters. The lowest BCUT2D eigenvalue weighted by Crippen LogP contribution is -2.31. The zero-order valence-electron chi connectivity index (χ0n) is 14.9. The number of rotatable bonds is 5. The minimum absolute atomic E-state index is 0.0747. The van der Waals surface area contributed by atoms with Gasteiger partial charge in [-0.25, -0.2) is 8.78 Å². The molecule has 138 valence electrons. The molecular formula is C20H21F2NO2S. The van der Waals surface area contributed by atoms with Gasteiger partial charge >= 0.3 is 0 Å². The number of carbonyl (C=O) groups is 1. The van der Waals surface area contributed by atoms with Crippen molar-refractivity contribution in [2.75, 3.05) is 13.3 Å². The van der Waals surface area contributed by atoms with Crippen LogP contribution in [0.2, 0.25) is 0 Å². The first kappa shape index (κ1) is 18.7. The fourth-order valence-corrected chi connectivity index (χ4v) is 3.75. The summed E-state index contributed by atoms with van der Waals surface area (Å²) in [7, 11) is 0.674. The highest BCUT2D eigenvalue weighted by molar-refractivity contribution is 7.84. The number of hydrogen-bond acceptors (Lipinski definition) is 2. The maximum absolute atomic E-state index is 13.9. The normalized spacial score (nSPS) is 21.1. The molecule has 6 heteroatoms. The molecular weight excluding hydrogens is 356 g/mol. The van der Waals surface area contributed by atoms with Crippen molar-refractivity contribution in [3.05, 3.63) is 65.2 Å². The van der Waals surface area contributed by atoms with Crippen molar-refractivity contribution in [1.29, 1.82) is 0 Å². The Labute approximate surface area is 154 Å². The Kier molecular flexibility index (Phi) is 5.23. The molecule has 0 radical (unpaired) electrons. The molecule has 1 fully saturated rings. The number of halogens is 2. The molecule has 0 aromatic heterocycles. The van der Waals surface area contributed by atoms with Gasteiger partial charge in [-0.15, -0.1) is 0 Å². The summed E-state index contributed by atoms with van der Waals surface area (Å²) >= 11 is 0. The zero-order valence-corrected chi connectivity index (χ0v) is 15.7. The summed E-state index contributed by atoms with van der Waals surface area (Å²) < 4.78 is 38.8. The number of nitrogens with zero attached hydrogens (tertiary/aromatic N) is 1. The van der Waals surface area contributed by atoms with Crippen molar-refractivity contribution >= 4 is 16.7 Å². The summed E-state index contributed by atoms with van der Waals surface area (Å²) in [4.78, 5) is 15.1. The van der Waals surface area contributed by atoms with Crippen molar-refractivity contribution in [2.24, 2.45) is 5.92 Å². The molecule has 3 rings (SSSR count). The fourth-order valence-electron chi connectivity index (χ4n) is 3.23. The molecule has 3 nitrogen and oxygen atoms in total.